The molecular weight excluding hydrogens is 437 g/mol. The summed E-state index contributed by atoms with van der Waals surface area (Å²) >= 11 is 3.51. The van der Waals surface area contributed by atoms with E-state index in [4.69, 9.17) is 0 Å². The van der Waals surface area contributed by atoms with Crippen LogP contribution >= 0.6 is 15.9 Å². The number of unbranched alkanes of at least 4 members (excludes halogenated alkanes) is 1. The number of hydrogen-bond acceptors (Lipinski definition) is 3. The molecule has 2 rings (SSSR count). The molecule has 0 spiro atoms. The van der Waals surface area contributed by atoms with Gasteiger partial charge in [-0.1, -0.05) is 13.3 Å². The normalized spacial score (nSPS) is 15.9. The van der Waals surface area contributed by atoms with E-state index in [-0.39, 0.29) is 11.1 Å². The minimum Gasteiger partial charge on any atom is -0.405 e. The molecule has 0 bridgehead atoms. The van der Waals surface area contributed by atoms with Gasteiger partial charge in [0.05, 0.1) is 0 Å². The molecule has 8 heteroatoms. The van der Waals surface area contributed by atoms with Crippen molar-refractivity contribution in [3.63, 3.8) is 0 Å². The molecule has 0 heterocycles. The van der Waals surface area contributed by atoms with Crippen LogP contribution in [0.2, 0.25) is 0 Å². The fraction of sp³-hybridized carbons (Fsp3) is 0.500. The van der Waals surface area contributed by atoms with Crippen LogP contribution in [-0.2, 0) is 0 Å². The van der Waals surface area contributed by atoms with Gasteiger partial charge in [0.25, 0.3) is 5.91 Å². The Labute approximate surface area is 171 Å². The van der Waals surface area contributed by atoms with Crippen molar-refractivity contribution < 1.29 is 22.7 Å². The Morgan fingerprint density at radius 1 is 1.36 bits per heavy atom. The number of alkyl halides is 3. The topological polar surface area (TPSA) is 50.7 Å². The van der Waals surface area contributed by atoms with E-state index in [1.807, 2.05) is 0 Å². The van der Waals surface area contributed by atoms with Gasteiger partial charge in [0.1, 0.15) is 10.4 Å². The first-order valence-corrected chi connectivity index (χ1v) is 10.0. The molecule has 1 N–H and O–H groups in total. The van der Waals surface area contributed by atoms with Crippen LogP contribution in [0.25, 0.3) is 0 Å². The summed E-state index contributed by atoms with van der Waals surface area (Å²) in [4.78, 5) is 16.3. The third-order valence-electron chi connectivity index (χ3n) is 4.49. The molecule has 1 aliphatic carbocycles. The van der Waals surface area contributed by atoms with E-state index in [0.29, 0.717) is 16.2 Å². The smallest absolute Gasteiger partial charge is 0.405 e. The quantitative estimate of drug-likeness (QED) is 0.384. The van der Waals surface area contributed by atoms with E-state index in [9.17, 15) is 18.0 Å². The molecule has 1 fully saturated rings. The molecule has 28 heavy (non-hydrogen) atoms. The number of allylic oxidation sites excluding steroid dienone is 1. The second-order valence-corrected chi connectivity index (χ2v) is 7.48. The number of rotatable bonds is 8. The summed E-state index contributed by atoms with van der Waals surface area (Å²) in [7, 11) is 1.41. The van der Waals surface area contributed by atoms with Crippen molar-refractivity contribution in [3.8, 4) is 5.75 Å². The first kappa shape index (κ1) is 22.5. The highest BCUT2D eigenvalue weighted by atomic mass is 79.9. The molecule has 0 radical (unpaired) electrons. The third kappa shape index (κ3) is 6.36. The molecule has 1 aliphatic rings. The molecule has 1 saturated carbocycles. The first-order chi connectivity index (χ1) is 13.2. The molecule has 1 aromatic carbocycles. The number of nitrogens with one attached hydrogen (secondary N) is 1. The Morgan fingerprint density at radius 2 is 2.04 bits per heavy atom. The van der Waals surface area contributed by atoms with Crippen LogP contribution in [0.15, 0.2) is 33.4 Å². The molecule has 0 atom stereocenters. The molecular formula is C20H24BrF3N2O2. The highest BCUT2D eigenvalue weighted by molar-refractivity contribution is 9.11. The molecule has 0 unspecified atom stereocenters. The highest BCUT2D eigenvalue weighted by Crippen LogP contribution is 2.42. The predicted molar refractivity (Wildman–Crippen MR) is 107 cm³/mol. The average Bonchev–Trinajstić information content (AvgIpc) is 3.44. The van der Waals surface area contributed by atoms with Crippen LogP contribution in [0.4, 0.5) is 13.2 Å². The fourth-order valence-electron chi connectivity index (χ4n) is 2.87. The van der Waals surface area contributed by atoms with Crippen LogP contribution in [0.1, 0.15) is 61.9 Å². The lowest BCUT2D eigenvalue weighted by Gasteiger charge is -2.15. The SMILES string of the molecule is CCCC/C(=C(Br)\N=C(/C)c1ccc(C(=O)NC)cc1OC(F)(F)F)C1CC1. The van der Waals surface area contributed by atoms with Crippen molar-refractivity contribution in [2.24, 2.45) is 10.9 Å². The lowest BCUT2D eigenvalue weighted by molar-refractivity contribution is -0.274. The van der Waals surface area contributed by atoms with E-state index < -0.39 is 18.0 Å². The average molecular weight is 461 g/mol. The number of aliphatic imine (C=N–C) groups is 1. The molecule has 154 valence electrons. The predicted octanol–water partition coefficient (Wildman–Crippen LogP) is 5.96. The minimum absolute atomic E-state index is 0.0783. The number of nitrogens with zero attached hydrogens (tertiary/aromatic N) is 1. The van der Waals surface area contributed by atoms with Crippen LogP contribution in [0.3, 0.4) is 0 Å². The summed E-state index contributed by atoms with van der Waals surface area (Å²) in [5, 5.41) is 2.39. The monoisotopic (exact) mass is 460 g/mol. The minimum atomic E-state index is -4.87. The molecule has 0 saturated heterocycles. The van der Waals surface area contributed by atoms with Crippen LogP contribution in [0.5, 0.6) is 5.75 Å². The van der Waals surface area contributed by atoms with Gasteiger partial charge >= 0.3 is 6.36 Å². The number of benzene rings is 1. The molecule has 0 aromatic heterocycles. The van der Waals surface area contributed by atoms with Gasteiger partial charge in [0.2, 0.25) is 0 Å². The maximum atomic E-state index is 12.9. The standard InChI is InChI=1S/C20H24BrF3N2O2/c1-4-5-6-16(13-7-8-13)18(21)26-12(2)15-10-9-14(19(27)25-3)11-17(15)28-20(22,23)24/h9-11,13H,4-8H2,1-3H3,(H,25,27)/b18-16+,26-12+. The van der Waals surface area contributed by atoms with E-state index >= 15 is 0 Å². The van der Waals surface area contributed by atoms with Gasteiger partial charge in [0, 0.05) is 23.9 Å². The number of amides is 1. The van der Waals surface area contributed by atoms with Gasteiger partial charge in [-0.05, 0) is 78.2 Å². The lowest BCUT2D eigenvalue weighted by Crippen LogP contribution is -2.21. The van der Waals surface area contributed by atoms with Gasteiger partial charge in [-0.2, -0.15) is 0 Å². The Hall–Kier alpha value is -1.83. The zero-order chi connectivity index (χ0) is 20.9. The maximum Gasteiger partial charge on any atom is 0.573 e. The molecule has 1 aromatic rings. The Morgan fingerprint density at radius 3 is 2.57 bits per heavy atom. The summed E-state index contributed by atoms with van der Waals surface area (Å²) in [5.41, 5.74) is 1.85. The van der Waals surface area contributed by atoms with E-state index in [1.54, 1.807) is 6.92 Å². The van der Waals surface area contributed by atoms with Gasteiger partial charge in [-0.15, -0.1) is 13.2 Å². The van der Waals surface area contributed by atoms with Crippen LogP contribution < -0.4 is 10.1 Å². The number of ether oxygens (including phenoxy) is 1. The van der Waals surface area contributed by atoms with Gasteiger partial charge in [-0.3, -0.25) is 4.79 Å². The lowest BCUT2D eigenvalue weighted by atomic mass is 10.0. The summed E-state index contributed by atoms with van der Waals surface area (Å²) in [6, 6.07) is 3.96. The van der Waals surface area contributed by atoms with Crippen molar-refractivity contribution >= 4 is 27.5 Å². The van der Waals surface area contributed by atoms with Crippen molar-refractivity contribution in [3.05, 3.63) is 39.5 Å². The van der Waals surface area contributed by atoms with Crippen molar-refractivity contribution in [1.82, 2.24) is 5.32 Å². The summed E-state index contributed by atoms with van der Waals surface area (Å²) < 4.78 is 43.4. The molecule has 0 aliphatic heterocycles. The fourth-order valence-corrected chi connectivity index (χ4v) is 3.66. The highest BCUT2D eigenvalue weighted by Gasteiger charge is 2.33. The zero-order valence-electron chi connectivity index (χ0n) is 16.1. The summed E-state index contributed by atoms with van der Waals surface area (Å²) in [6.07, 6.45) is 0.379. The van der Waals surface area contributed by atoms with Crippen LogP contribution in [-0.4, -0.2) is 25.0 Å². The Bertz CT molecular complexity index is 784. The summed E-state index contributed by atoms with van der Waals surface area (Å²) in [5.74, 6) is -0.444. The van der Waals surface area contributed by atoms with Gasteiger partial charge in [-0.25, -0.2) is 4.99 Å². The van der Waals surface area contributed by atoms with Crippen molar-refractivity contribution in [1.29, 1.82) is 0 Å². The van der Waals surface area contributed by atoms with Crippen molar-refractivity contribution in [2.75, 3.05) is 7.05 Å². The first-order valence-electron chi connectivity index (χ1n) is 9.22. The third-order valence-corrected chi connectivity index (χ3v) is 5.17. The molecule has 1 amide bonds. The largest absolute Gasteiger partial charge is 0.573 e. The Kier molecular flexibility index (Phi) is 7.69. The van der Waals surface area contributed by atoms with Gasteiger partial charge in [0.15, 0.2) is 0 Å². The van der Waals surface area contributed by atoms with Gasteiger partial charge < -0.3 is 10.1 Å². The summed E-state index contributed by atoms with van der Waals surface area (Å²) in [6.45, 7) is 3.74. The maximum absolute atomic E-state index is 12.9. The van der Waals surface area contributed by atoms with Crippen LogP contribution in [0, 0.1) is 5.92 Å². The second kappa shape index (κ2) is 9.58. The van der Waals surface area contributed by atoms with Crippen molar-refractivity contribution in [2.45, 2.75) is 52.3 Å². The number of hydrogen-bond donors (Lipinski definition) is 1. The number of halogens is 4. The second-order valence-electron chi connectivity index (χ2n) is 6.73. The van der Waals surface area contributed by atoms with E-state index in [2.05, 4.69) is 37.9 Å². The molecule has 4 nitrogen and oxygen atoms in total. The number of carbonyl (C=O) groups is 1. The van der Waals surface area contributed by atoms with E-state index in [1.165, 1.54) is 24.8 Å². The van der Waals surface area contributed by atoms with E-state index in [0.717, 1.165) is 38.2 Å². The number of carbonyl (C=O) groups excluding carboxylic acids is 1. The Balaban J connectivity index is 2.43. The zero-order valence-corrected chi connectivity index (χ0v) is 17.7.